The molecule has 4 heteroatoms. The molecular formula is C15H24N2O2. The molecule has 4 N–H and O–H groups in total. The van der Waals surface area contributed by atoms with Crippen molar-refractivity contribution in [2.45, 2.75) is 44.1 Å². The summed E-state index contributed by atoms with van der Waals surface area (Å²) in [5.41, 5.74) is 6.79. The third-order valence-electron chi connectivity index (χ3n) is 3.82. The summed E-state index contributed by atoms with van der Waals surface area (Å²) in [5, 5.41) is 13.9. The minimum absolute atomic E-state index is 0.569. The number of ether oxygens (including phenoxy) is 1. The number of aliphatic hydroxyl groups is 1. The number of hydrogen-bond acceptors (Lipinski definition) is 4. The van der Waals surface area contributed by atoms with Crippen molar-refractivity contribution in [3.05, 3.63) is 18.2 Å². The van der Waals surface area contributed by atoms with Crippen LogP contribution in [0.2, 0.25) is 0 Å². The zero-order chi connectivity index (χ0) is 13.7. The van der Waals surface area contributed by atoms with Crippen molar-refractivity contribution in [1.29, 1.82) is 0 Å². The van der Waals surface area contributed by atoms with E-state index in [0.29, 0.717) is 12.2 Å². The largest absolute Gasteiger partial charge is 0.497 e. The van der Waals surface area contributed by atoms with Gasteiger partial charge in [0.1, 0.15) is 5.75 Å². The van der Waals surface area contributed by atoms with Crippen LogP contribution in [-0.4, -0.2) is 24.4 Å². The lowest BCUT2D eigenvalue weighted by molar-refractivity contribution is 0.0381. The first-order chi connectivity index (χ1) is 9.11. The quantitative estimate of drug-likeness (QED) is 0.578. The molecule has 0 radical (unpaired) electrons. The van der Waals surface area contributed by atoms with Gasteiger partial charge in [0.05, 0.1) is 12.7 Å². The Hall–Kier alpha value is -1.42. The topological polar surface area (TPSA) is 67.5 Å². The van der Waals surface area contributed by atoms with E-state index in [0.717, 1.165) is 37.1 Å². The number of anilines is 2. The fraction of sp³-hybridized carbons (Fsp3) is 0.600. The van der Waals surface area contributed by atoms with Crippen molar-refractivity contribution in [3.63, 3.8) is 0 Å². The summed E-state index contributed by atoms with van der Waals surface area (Å²) in [4.78, 5) is 0. The summed E-state index contributed by atoms with van der Waals surface area (Å²) in [6.45, 7) is 0.569. The predicted molar refractivity (Wildman–Crippen MR) is 78.5 cm³/mol. The molecule has 0 spiro atoms. The lowest BCUT2D eigenvalue weighted by Crippen LogP contribution is -2.36. The van der Waals surface area contributed by atoms with Crippen molar-refractivity contribution in [2.24, 2.45) is 0 Å². The van der Waals surface area contributed by atoms with E-state index in [9.17, 15) is 5.11 Å². The molecular weight excluding hydrogens is 240 g/mol. The fourth-order valence-corrected chi connectivity index (χ4v) is 2.67. The number of rotatable bonds is 4. The molecule has 0 heterocycles. The zero-order valence-electron chi connectivity index (χ0n) is 11.6. The Kier molecular flexibility index (Phi) is 4.53. The van der Waals surface area contributed by atoms with Gasteiger partial charge in [-0.1, -0.05) is 25.7 Å². The van der Waals surface area contributed by atoms with Crippen LogP contribution in [0.3, 0.4) is 0 Å². The molecule has 0 aliphatic heterocycles. The molecule has 0 unspecified atom stereocenters. The van der Waals surface area contributed by atoms with Crippen LogP contribution in [0.4, 0.5) is 11.4 Å². The molecule has 19 heavy (non-hydrogen) atoms. The Morgan fingerprint density at radius 2 is 1.89 bits per heavy atom. The highest BCUT2D eigenvalue weighted by Crippen LogP contribution is 2.28. The van der Waals surface area contributed by atoms with E-state index >= 15 is 0 Å². The van der Waals surface area contributed by atoms with E-state index in [1.54, 1.807) is 13.2 Å². The summed E-state index contributed by atoms with van der Waals surface area (Å²) >= 11 is 0. The van der Waals surface area contributed by atoms with Gasteiger partial charge in [-0.15, -0.1) is 0 Å². The molecule has 1 aliphatic carbocycles. The molecule has 1 aromatic carbocycles. The number of nitrogen functional groups attached to an aromatic ring is 1. The van der Waals surface area contributed by atoms with Crippen LogP contribution in [-0.2, 0) is 0 Å². The molecule has 0 atom stereocenters. The molecule has 1 fully saturated rings. The summed E-state index contributed by atoms with van der Waals surface area (Å²) in [6, 6.07) is 5.55. The van der Waals surface area contributed by atoms with Crippen LogP contribution in [0, 0.1) is 0 Å². The maximum Gasteiger partial charge on any atom is 0.122 e. The summed E-state index contributed by atoms with van der Waals surface area (Å²) in [5.74, 6) is 0.732. The van der Waals surface area contributed by atoms with Gasteiger partial charge in [-0.25, -0.2) is 0 Å². The first kappa shape index (κ1) is 14.0. The van der Waals surface area contributed by atoms with Gasteiger partial charge in [-0.05, 0) is 18.9 Å². The zero-order valence-corrected chi connectivity index (χ0v) is 11.6. The van der Waals surface area contributed by atoms with Gasteiger partial charge in [-0.3, -0.25) is 0 Å². The Balaban J connectivity index is 1.99. The number of benzene rings is 1. The van der Waals surface area contributed by atoms with E-state index in [4.69, 9.17) is 10.5 Å². The van der Waals surface area contributed by atoms with Crippen LogP contribution in [0.5, 0.6) is 5.75 Å². The molecule has 1 saturated carbocycles. The standard InChI is InChI=1S/C15H24N2O2/c1-19-14-9-12(16)8-13(10-14)17-11-15(18)6-4-2-3-5-7-15/h8-10,17-18H,2-7,11,16H2,1H3. The summed E-state index contributed by atoms with van der Waals surface area (Å²) < 4.78 is 5.19. The van der Waals surface area contributed by atoms with Gasteiger partial charge < -0.3 is 20.9 Å². The molecule has 0 saturated heterocycles. The third-order valence-corrected chi connectivity index (χ3v) is 3.82. The van der Waals surface area contributed by atoms with E-state index < -0.39 is 5.60 Å². The molecule has 0 bridgehead atoms. The van der Waals surface area contributed by atoms with Gasteiger partial charge >= 0.3 is 0 Å². The van der Waals surface area contributed by atoms with E-state index in [-0.39, 0.29) is 0 Å². The Bertz CT molecular complexity index is 413. The van der Waals surface area contributed by atoms with E-state index in [2.05, 4.69) is 5.32 Å². The number of hydrogen-bond donors (Lipinski definition) is 3. The number of nitrogens with one attached hydrogen (secondary N) is 1. The van der Waals surface area contributed by atoms with Gasteiger partial charge in [0.25, 0.3) is 0 Å². The molecule has 106 valence electrons. The first-order valence-electron chi connectivity index (χ1n) is 7.02. The number of nitrogens with two attached hydrogens (primary N) is 1. The van der Waals surface area contributed by atoms with Crippen LogP contribution in [0.1, 0.15) is 38.5 Å². The lowest BCUT2D eigenvalue weighted by Gasteiger charge is -2.27. The summed E-state index contributed by atoms with van der Waals surface area (Å²) in [7, 11) is 1.62. The fourth-order valence-electron chi connectivity index (χ4n) is 2.67. The molecule has 2 rings (SSSR count). The number of methoxy groups -OCH3 is 1. The van der Waals surface area contributed by atoms with Crippen LogP contribution >= 0.6 is 0 Å². The highest BCUT2D eigenvalue weighted by Gasteiger charge is 2.27. The third kappa shape index (κ3) is 4.03. The van der Waals surface area contributed by atoms with Crippen LogP contribution < -0.4 is 15.8 Å². The second-order valence-electron chi connectivity index (χ2n) is 5.49. The Morgan fingerprint density at radius 3 is 2.53 bits per heavy atom. The normalized spacial score (nSPS) is 18.6. The second kappa shape index (κ2) is 6.15. The molecule has 0 amide bonds. The van der Waals surface area contributed by atoms with E-state index in [1.807, 2.05) is 12.1 Å². The summed E-state index contributed by atoms with van der Waals surface area (Å²) in [6.07, 6.45) is 6.43. The highest BCUT2D eigenvalue weighted by molar-refractivity contribution is 5.59. The highest BCUT2D eigenvalue weighted by atomic mass is 16.5. The SMILES string of the molecule is COc1cc(N)cc(NCC2(O)CCCCCC2)c1. The van der Waals surface area contributed by atoms with Gasteiger partial charge in [0.2, 0.25) is 0 Å². The van der Waals surface area contributed by atoms with Gasteiger partial charge in [-0.2, -0.15) is 0 Å². The van der Waals surface area contributed by atoms with Crippen molar-refractivity contribution in [1.82, 2.24) is 0 Å². The molecule has 1 aromatic rings. The van der Waals surface area contributed by atoms with Crippen molar-refractivity contribution in [3.8, 4) is 5.75 Å². The Labute approximate surface area is 115 Å². The van der Waals surface area contributed by atoms with Crippen molar-refractivity contribution in [2.75, 3.05) is 24.7 Å². The molecule has 4 nitrogen and oxygen atoms in total. The van der Waals surface area contributed by atoms with Crippen LogP contribution in [0.15, 0.2) is 18.2 Å². The van der Waals surface area contributed by atoms with Crippen LogP contribution in [0.25, 0.3) is 0 Å². The monoisotopic (exact) mass is 264 g/mol. The lowest BCUT2D eigenvalue weighted by atomic mass is 9.94. The maximum absolute atomic E-state index is 10.6. The minimum atomic E-state index is -0.589. The minimum Gasteiger partial charge on any atom is -0.497 e. The average Bonchev–Trinajstić information content (AvgIpc) is 2.61. The van der Waals surface area contributed by atoms with Crippen molar-refractivity contribution < 1.29 is 9.84 Å². The molecule has 0 aromatic heterocycles. The second-order valence-corrected chi connectivity index (χ2v) is 5.49. The molecule has 1 aliphatic rings. The van der Waals surface area contributed by atoms with E-state index in [1.165, 1.54) is 12.8 Å². The predicted octanol–water partition coefficient (Wildman–Crippen LogP) is 2.77. The van der Waals surface area contributed by atoms with Gasteiger partial charge in [0.15, 0.2) is 0 Å². The van der Waals surface area contributed by atoms with Crippen molar-refractivity contribution >= 4 is 11.4 Å². The Morgan fingerprint density at radius 1 is 1.21 bits per heavy atom. The average molecular weight is 264 g/mol. The first-order valence-corrected chi connectivity index (χ1v) is 7.02. The van der Waals surface area contributed by atoms with Gasteiger partial charge in [0, 0.05) is 30.1 Å². The maximum atomic E-state index is 10.6. The smallest absolute Gasteiger partial charge is 0.122 e.